The fourth-order valence-electron chi connectivity index (χ4n) is 3.74. The van der Waals surface area contributed by atoms with Crippen LogP contribution in [0.1, 0.15) is 30.9 Å². The van der Waals surface area contributed by atoms with Crippen LogP contribution in [-0.2, 0) is 36.8 Å². The minimum Gasteiger partial charge on any atom is -0.508 e. The van der Waals surface area contributed by atoms with Crippen LogP contribution >= 0.6 is 0 Å². The maximum atomic E-state index is 13.2. The molecule has 0 heterocycles. The lowest BCUT2D eigenvalue weighted by molar-refractivity contribution is -0.192. The van der Waals surface area contributed by atoms with Gasteiger partial charge in [-0.05, 0) is 36.1 Å². The van der Waals surface area contributed by atoms with Gasteiger partial charge in [-0.2, -0.15) is 13.2 Å². The number of primary amides is 1. The number of carbonyl (C=O) groups excluding carboxylic acids is 4. The van der Waals surface area contributed by atoms with E-state index in [2.05, 4.69) is 21.3 Å². The Labute approximate surface area is 256 Å². The summed E-state index contributed by atoms with van der Waals surface area (Å²) in [5, 5.41) is 34.4. The Hall–Kier alpha value is -5.35. The van der Waals surface area contributed by atoms with E-state index in [1.807, 2.05) is 6.07 Å². The predicted molar refractivity (Wildman–Crippen MR) is 155 cm³/mol. The highest BCUT2D eigenvalue weighted by Crippen LogP contribution is 2.13. The average Bonchev–Trinajstić information content (AvgIpc) is 2.94. The molecule has 45 heavy (non-hydrogen) atoms. The van der Waals surface area contributed by atoms with E-state index in [1.165, 1.54) is 19.1 Å². The largest absolute Gasteiger partial charge is 0.508 e. The molecular formula is C28H36F3N7O7. The monoisotopic (exact) mass is 639 g/mol. The summed E-state index contributed by atoms with van der Waals surface area (Å²) in [6.45, 7) is 1.55. The smallest absolute Gasteiger partial charge is 0.490 e. The second kappa shape index (κ2) is 18.3. The van der Waals surface area contributed by atoms with Crippen LogP contribution < -0.4 is 32.7 Å². The molecule has 17 heteroatoms. The van der Waals surface area contributed by atoms with Crippen molar-refractivity contribution in [2.24, 2.45) is 11.5 Å². The number of hydrogen-bond donors (Lipinski definition) is 9. The number of nitrogens with one attached hydrogen (secondary N) is 5. The molecule has 0 aliphatic rings. The van der Waals surface area contributed by atoms with E-state index in [9.17, 15) is 37.5 Å². The van der Waals surface area contributed by atoms with E-state index < -0.39 is 53.9 Å². The van der Waals surface area contributed by atoms with Gasteiger partial charge in [0.25, 0.3) is 0 Å². The standard InChI is InChI=1S/C26H35N7O5.C2HF3O2/c1-16(34)31-22(15-18-9-11-19(35)12-10-18)25(38)32-20(8-5-13-30-26(28)29)24(37)33-21(23(27)36)14-17-6-3-2-4-7-17;3-2(4,5)1(6)7/h2-4,6-7,9-12,20-22,35H,5,8,13-15H2,1H3,(H2,27,36)(H,31,34)(H,32,38)(H,33,37)(H4,28,29,30);(H,6,7). The number of halogens is 3. The number of carbonyl (C=O) groups is 5. The Kier molecular flexibility index (Phi) is 15.4. The van der Waals surface area contributed by atoms with E-state index in [1.54, 1.807) is 36.4 Å². The molecule has 14 nitrogen and oxygen atoms in total. The summed E-state index contributed by atoms with van der Waals surface area (Å²) in [6, 6.07) is 12.1. The second-order valence-corrected chi connectivity index (χ2v) is 9.62. The number of hydrogen-bond acceptors (Lipinski definition) is 7. The van der Waals surface area contributed by atoms with Gasteiger partial charge in [0.1, 0.15) is 23.9 Å². The number of benzene rings is 2. The summed E-state index contributed by atoms with van der Waals surface area (Å²) >= 11 is 0. The number of guanidine groups is 1. The van der Waals surface area contributed by atoms with E-state index in [4.69, 9.17) is 26.8 Å². The fraction of sp³-hybridized carbons (Fsp3) is 0.357. The minimum atomic E-state index is -5.08. The molecule has 2 aromatic carbocycles. The van der Waals surface area contributed by atoms with Crippen LogP contribution in [0.15, 0.2) is 54.6 Å². The minimum absolute atomic E-state index is 0.0599. The maximum Gasteiger partial charge on any atom is 0.490 e. The Balaban J connectivity index is 0.00000129. The number of nitrogens with two attached hydrogens (primary N) is 2. The van der Waals surface area contributed by atoms with E-state index in [-0.39, 0.29) is 37.5 Å². The van der Waals surface area contributed by atoms with Crippen molar-refractivity contribution in [2.75, 3.05) is 6.54 Å². The van der Waals surface area contributed by atoms with Crippen LogP contribution in [0.4, 0.5) is 13.2 Å². The number of phenolic OH excluding ortho intramolecular Hbond substituents is 1. The van der Waals surface area contributed by atoms with Gasteiger partial charge in [0.05, 0.1) is 0 Å². The van der Waals surface area contributed by atoms with E-state index in [0.29, 0.717) is 12.0 Å². The zero-order chi connectivity index (χ0) is 34.2. The Morgan fingerprint density at radius 1 is 0.822 bits per heavy atom. The Morgan fingerprint density at radius 2 is 1.31 bits per heavy atom. The lowest BCUT2D eigenvalue weighted by atomic mass is 10.0. The normalized spacial score (nSPS) is 12.6. The van der Waals surface area contributed by atoms with Crippen LogP contribution in [0.3, 0.4) is 0 Å². The Bertz CT molecular complexity index is 1310. The van der Waals surface area contributed by atoms with Crippen molar-refractivity contribution in [3.63, 3.8) is 0 Å². The summed E-state index contributed by atoms with van der Waals surface area (Å²) in [4.78, 5) is 59.2. The maximum absolute atomic E-state index is 13.2. The Morgan fingerprint density at radius 3 is 1.80 bits per heavy atom. The third kappa shape index (κ3) is 15.6. The molecule has 0 aliphatic carbocycles. The van der Waals surface area contributed by atoms with Crippen LogP contribution in [0.2, 0.25) is 0 Å². The van der Waals surface area contributed by atoms with Gasteiger partial charge >= 0.3 is 12.1 Å². The van der Waals surface area contributed by atoms with Crippen LogP contribution in [0.5, 0.6) is 5.75 Å². The zero-order valence-corrected chi connectivity index (χ0v) is 24.2. The van der Waals surface area contributed by atoms with Gasteiger partial charge in [-0.3, -0.25) is 24.6 Å². The second-order valence-electron chi connectivity index (χ2n) is 9.62. The summed E-state index contributed by atoms with van der Waals surface area (Å²) in [5.41, 5.74) is 12.3. The molecule has 0 aliphatic heterocycles. The first-order chi connectivity index (χ1) is 21.0. The van der Waals surface area contributed by atoms with E-state index in [0.717, 1.165) is 5.56 Å². The molecule has 0 radical (unpaired) electrons. The summed E-state index contributed by atoms with van der Waals surface area (Å²) in [6.07, 6.45) is -4.28. The van der Waals surface area contributed by atoms with Gasteiger partial charge < -0.3 is 42.9 Å². The molecule has 0 aromatic heterocycles. The molecule has 4 amide bonds. The number of aliphatic carboxylic acids is 1. The van der Waals surface area contributed by atoms with Gasteiger partial charge in [0, 0.05) is 26.3 Å². The summed E-state index contributed by atoms with van der Waals surface area (Å²) in [5.74, 6) is -5.32. The lowest BCUT2D eigenvalue weighted by Crippen LogP contribution is -2.57. The van der Waals surface area contributed by atoms with Gasteiger partial charge in [0.15, 0.2) is 5.96 Å². The quantitative estimate of drug-likeness (QED) is 0.0767. The van der Waals surface area contributed by atoms with Crippen LogP contribution in [0.25, 0.3) is 0 Å². The SMILES string of the molecule is CC(=O)NC(Cc1ccc(O)cc1)C(=O)NC(CCCNC(=N)N)C(=O)NC(Cc1ccccc1)C(N)=O.O=C(O)C(F)(F)F. The van der Waals surface area contributed by atoms with Crippen molar-refractivity contribution in [3.05, 3.63) is 65.7 Å². The summed E-state index contributed by atoms with van der Waals surface area (Å²) < 4.78 is 31.7. The van der Waals surface area contributed by atoms with Crippen molar-refractivity contribution < 1.29 is 47.4 Å². The number of aromatic hydroxyl groups is 1. The molecular weight excluding hydrogens is 603 g/mol. The molecule has 3 atom stereocenters. The third-order valence-corrected chi connectivity index (χ3v) is 5.87. The molecule has 0 saturated heterocycles. The van der Waals surface area contributed by atoms with Crippen molar-refractivity contribution in [2.45, 2.75) is 56.9 Å². The van der Waals surface area contributed by atoms with Gasteiger partial charge in [-0.1, -0.05) is 42.5 Å². The lowest BCUT2D eigenvalue weighted by Gasteiger charge is -2.25. The predicted octanol–water partition coefficient (Wildman–Crippen LogP) is 0.0336. The van der Waals surface area contributed by atoms with Crippen molar-refractivity contribution in [1.29, 1.82) is 5.41 Å². The highest BCUT2D eigenvalue weighted by atomic mass is 19.4. The highest BCUT2D eigenvalue weighted by molar-refractivity contribution is 5.94. The molecule has 2 rings (SSSR count). The topological polar surface area (TPSA) is 250 Å². The molecule has 11 N–H and O–H groups in total. The summed E-state index contributed by atoms with van der Waals surface area (Å²) in [7, 11) is 0. The molecule has 2 aromatic rings. The van der Waals surface area contributed by atoms with E-state index >= 15 is 0 Å². The first kappa shape index (κ1) is 37.7. The molecule has 0 spiro atoms. The number of alkyl halides is 3. The number of rotatable bonds is 14. The van der Waals surface area contributed by atoms with Crippen LogP contribution in [-0.4, -0.2) is 76.6 Å². The molecule has 3 unspecified atom stereocenters. The van der Waals surface area contributed by atoms with Crippen molar-refractivity contribution >= 4 is 35.6 Å². The molecule has 0 saturated carbocycles. The number of amides is 4. The van der Waals surface area contributed by atoms with Crippen LogP contribution in [0, 0.1) is 5.41 Å². The zero-order valence-electron chi connectivity index (χ0n) is 24.2. The molecule has 0 fully saturated rings. The van der Waals surface area contributed by atoms with Crippen molar-refractivity contribution in [1.82, 2.24) is 21.3 Å². The first-order valence-corrected chi connectivity index (χ1v) is 13.4. The fourth-order valence-corrected chi connectivity index (χ4v) is 3.74. The number of carboxylic acids is 1. The van der Waals surface area contributed by atoms with Gasteiger partial charge in [-0.15, -0.1) is 0 Å². The number of carboxylic acid groups (broad SMARTS) is 1. The van der Waals surface area contributed by atoms with Gasteiger partial charge in [0.2, 0.25) is 23.6 Å². The van der Waals surface area contributed by atoms with Crippen molar-refractivity contribution in [3.8, 4) is 5.75 Å². The molecule has 246 valence electrons. The third-order valence-electron chi connectivity index (χ3n) is 5.87. The average molecular weight is 640 g/mol. The molecule has 0 bridgehead atoms. The number of phenols is 1. The van der Waals surface area contributed by atoms with Gasteiger partial charge in [-0.25, -0.2) is 4.79 Å². The highest BCUT2D eigenvalue weighted by Gasteiger charge is 2.38. The first-order valence-electron chi connectivity index (χ1n) is 13.4.